The molecule has 0 bridgehead atoms. The summed E-state index contributed by atoms with van der Waals surface area (Å²) in [5.41, 5.74) is 1.78. The molecule has 0 atom stereocenters. The third-order valence-corrected chi connectivity index (χ3v) is 4.15. The summed E-state index contributed by atoms with van der Waals surface area (Å²) in [6.07, 6.45) is 0.660. The van der Waals surface area contributed by atoms with E-state index in [-0.39, 0.29) is 5.82 Å². The number of benzene rings is 2. The lowest BCUT2D eigenvalue weighted by atomic mass is 10.1. The zero-order chi connectivity index (χ0) is 16.1. The molecule has 2 nitrogen and oxygen atoms in total. The molecular weight excluding hydrogens is 357 g/mol. The van der Waals surface area contributed by atoms with Crippen LogP contribution < -0.4 is 5.32 Å². The fraction of sp³-hybridized carbons (Fsp3) is 0.158. The lowest BCUT2D eigenvalue weighted by Gasteiger charge is -2.04. The van der Waals surface area contributed by atoms with Crippen molar-refractivity contribution in [3.05, 3.63) is 82.3 Å². The van der Waals surface area contributed by atoms with Crippen LogP contribution in [0.25, 0.3) is 11.3 Å². The van der Waals surface area contributed by atoms with Crippen LogP contribution in [-0.4, -0.2) is 6.54 Å². The van der Waals surface area contributed by atoms with E-state index in [0.29, 0.717) is 19.5 Å². The molecule has 0 saturated carbocycles. The molecule has 0 unspecified atom stereocenters. The highest BCUT2D eigenvalue weighted by Gasteiger charge is 2.05. The number of rotatable bonds is 6. The lowest BCUT2D eigenvalue weighted by molar-refractivity contribution is 0.493. The van der Waals surface area contributed by atoms with Gasteiger partial charge in [-0.3, -0.25) is 0 Å². The van der Waals surface area contributed by atoms with E-state index in [1.165, 1.54) is 6.07 Å². The molecule has 1 N–H and O–H groups in total. The summed E-state index contributed by atoms with van der Waals surface area (Å²) in [6.45, 7) is 1.33. The van der Waals surface area contributed by atoms with Crippen LogP contribution in [0.4, 0.5) is 4.39 Å². The van der Waals surface area contributed by atoms with Gasteiger partial charge in [-0.05, 0) is 48.9 Å². The predicted molar refractivity (Wildman–Crippen MR) is 93.7 cm³/mol. The maximum atomic E-state index is 13.5. The zero-order valence-corrected chi connectivity index (χ0v) is 14.1. The molecule has 0 radical (unpaired) electrons. The van der Waals surface area contributed by atoms with E-state index in [4.69, 9.17) is 4.42 Å². The Hall–Kier alpha value is -1.91. The van der Waals surface area contributed by atoms with Crippen molar-refractivity contribution in [2.75, 3.05) is 6.54 Å². The quantitative estimate of drug-likeness (QED) is 0.602. The maximum absolute atomic E-state index is 13.5. The SMILES string of the molecule is Fc1ccccc1CCNCc1ccc(-c2ccc(Br)cc2)o1. The van der Waals surface area contributed by atoms with E-state index in [9.17, 15) is 4.39 Å². The van der Waals surface area contributed by atoms with Crippen LogP contribution in [0.5, 0.6) is 0 Å². The average Bonchev–Trinajstić information content (AvgIpc) is 3.03. The first-order chi connectivity index (χ1) is 11.2. The average molecular weight is 374 g/mol. The van der Waals surface area contributed by atoms with Gasteiger partial charge in [0.05, 0.1) is 6.54 Å². The van der Waals surface area contributed by atoms with Gasteiger partial charge in [-0.2, -0.15) is 0 Å². The molecule has 0 aliphatic carbocycles. The van der Waals surface area contributed by atoms with Gasteiger partial charge in [-0.1, -0.05) is 46.3 Å². The highest BCUT2D eigenvalue weighted by molar-refractivity contribution is 9.10. The van der Waals surface area contributed by atoms with Gasteiger partial charge in [0.25, 0.3) is 0 Å². The van der Waals surface area contributed by atoms with Gasteiger partial charge in [0.2, 0.25) is 0 Å². The standard InChI is InChI=1S/C19H17BrFNO/c20-16-7-5-15(6-8-16)19-10-9-17(23-19)13-22-12-11-14-3-1-2-4-18(14)21/h1-10,22H,11-13H2. The van der Waals surface area contributed by atoms with E-state index >= 15 is 0 Å². The van der Waals surface area contributed by atoms with Crippen LogP contribution in [0.3, 0.4) is 0 Å². The molecule has 1 aromatic heterocycles. The van der Waals surface area contributed by atoms with Crippen LogP contribution in [0, 0.1) is 5.82 Å². The van der Waals surface area contributed by atoms with Crippen LogP contribution in [0.2, 0.25) is 0 Å². The molecule has 3 aromatic rings. The molecule has 0 spiro atoms. The second-order valence-electron chi connectivity index (χ2n) is 5.29. The van der Waals surface area contributed by atoms with E-state index in [1.54, 1.807) is 6.07 Å². The number of hydrogen-bond acceptors (Lipinski definition) is 2. The van der Waals surface area contributed by atoms with Crippen molar-refractivity contribution in [1.29, 1.82) is 0 Å². The molecule has 0 aliphatic heterocycles. The maximum Gasteiger partial charge on any atom is 0.134 e. The van der Waals surface area contributed by atoms with Crippen LogP contribution in [0.1, 0.15) is 11.3 Å². The van der Waals surface area contributed by atoms with E-state index in [1.807, 2.05) is 48.5 Å². The van der Waals surface area contributed by atoms with Gasteiger partial charge in [0.15, 0.2) is 0 Å². The van der Waals surface area contributed by atoms with Crippen LogP contribution >= 0.6 is 15.9 Å². The second-order valence-corrected chi connectivity index (χ2v) is 6.21. The molecule has 0 saturated heterocycles. The van der Waals surface area contributed by atoms with Gasteiger partial charge < -0.3 is 9.73 Å². The van der Waals surface area contributed by atoms with E-state index < -0.39 is 0 Å². The molecule has 1 heterocycles. The Bertz CT molecular complexity index is 767. The van der Waals surface area contributed by atoms with Crippen molar-refractivity contribution < 1.29 is 8.81 Å². The molecule has 0 fully saturated rings. The third-order valence-electron chi connectivity index (χ3n) is 3.62. The molecule has 4 heteroatoms. The minimum absolute atomic E-state index is 0.148. The normalized spacial score (nSPS) is 10.9. The van der Waals surface area contributed by atoms with E-state index in [0.717, 1.165) is 27.1 Å². The summed E-state index contributed by atoms with van der Waals surface area (Å²) in [5, 5.41) is 3.28. The van der Waals surface area contributed by atoms with Gasteiger partial charge in [0, 0.05) is 10.0 Å². The zero-order valence-electron chi connectivity index (χ0n) is 12.6. The van der Waals surface area contributed by atoms with Crippen molar-refractivity contribution in [3.8, 4) is 11.3 Å². The highest BCUT2D eigenvalue weighted by Crippen LogP contribution is 2.23. The smallest absolute Gasteiger partial charge is 0.134 e. The Morgan fingerprint density at radius 1 is 0.957 bits per heavy atom. The highest BCUT2D eigenvalue weighted by atomic mass is 79.9. The van der Waals surface area contributed by atoms with E-state index in [2.05, 4.69) is 21.2 Å². The fourth-order valence-corrected chi connectivity index (χ4v) is 2.64. The Labute approximate surface area is 143 Å². The summed E-state index contributed by atoms with van der Waals surface area (Å²) in [6, 6.07) is 18.8. The van der Waals surface area contributed by atoms with Crippen LogP contribution in [0.15, 0.2) is 69.6 Å². The predicted octanol–water partition coefficient (Wildman–Crippen LogP) is 5.18. The van der Waals surface area contributed by atoms with Crippen LogP contribution in [-0.2, 0) is 13.0 Å². The summed E-state index contributed by atoms with van der Waals surface area (Å²) in [4.78, 5) is 0. The molecule has 118 valence electrons. The van der Waals surface area contributed by atoms with Gasteiger partial charge in [-0.25, -0.2) is 4.39 Å². The summed E-state index contributed by atoms with van der Waals surface area (Å²) in [7, 11) is 0. The minimum atomic E-state index is -0.148. The molecule has 2 aromatic carbocycles. The third kappa shape index (κ3) is 4.30. The van der Waals surface area contributed by atoms with Crippen molar-refractivity contribution >= 4 is 15.9 Å². The molecular formula is C19H17BrFNO. The van der Waals surface area contributed by atoms with Gasteiger partial charge in [-0.15, -0.1) is 0 Å². The number of nitrogens with one attached hydrogen (secondary N) is 1. The first-order valence-corrected chi connectivity index (χ1v) is 8.30. The summed E-state index contributed by atoms with van der Waals surface area (Å²) >= 11 is 3.42. The van der Waals surface area contributed by atoms with Crippen molar-refractivity contribution in [2.24, 2.45) is 0 Å². The van der Waals surface area contributed by atoms with Crippen molar-refractivity contribution in [3.63, 3.8) is 0 Å². The monoisotopic (exact) mass is 373 g/mol. The molecule has 23 heavy (non-hydrogen) atoms. The van der Waals surface area contributed by atoms with Gasteiger partial charge >= 0.3 is 0 Å². The summed E-state index contributed by atoms with van der Waals surface area (Å²) < 4.78 is 20.4. The van der Waals surface area contributed by atoms with Gasteiger partial charge in [0.1, 0.15) is 17.3 Å². The molecule has 0 amide bonds. The molecule has 3 rings (SSSR count). The Kier molecular flexibility index (Phi) is 5.26. The number of halogens is 2. The number of hydrogen-bond donors (Lipinski definition) is 1. The first-order valence-electron chi connectivity index (χ1n) is 7.51. The van der Waals surface area contributed by atoms with Crippen molar-refractivity contribution in [1.82, 2.24) is 5.32 Å². The number of furan rings is 1. The second kappa shape index (κ2) is 7.57. The first kappa shape index (κ1) is 16.0. The summed E-state index contributed by atoms with van der Waals surface area (Å²) in [5.74, 6) is 1.57. The fourth-order valence-electron chi connectivity index (χ4n) is 2.38. The largest absolute Gasteiger partial charge is 0.460 e. The lowest BCUT2D eigenvalue weighted by Crippen LogP contribution is -2.16. The Balaban J connectivity index is 1.52. The minimum Gasteiger partial charge on any atom is -0.460 e. The Morgan fingerprint density at radius 3 is 2.52 bits per heavy atom. The molecule has 0 aliphatic rings. The Morgan fingerprint density at radius 2 is 1.74 bits per heavy atom. The van der Waals surface area contributed by atoms with Crippen molar-refractivity contribution in [2.45, 2.75) is 13.0 Å². The topological polar surface area (TPSA) is 25.2 Å².